The molecule has 0 radical (unpaired) electrons. The van der Waals surface area contributed by atoms with Gasteiger partial charge in [-0.3, -0.25) is 4.99 Å². The molecule has 1 N–H and O–H groups in total. The first-order valence-corrected chi connectivity index (χ1v) is 5.04. The van der Waals surface area contributed by atoms with E-state index in [-0.39, 0.29) is 0 Å². The molecule has 0 aliphatic carbocycles. The van der Waals surface area contributed by atoms with Crippen molar-refractivity contribution < 1.29 is 0 Å². The first kappa shape index (κ1) is 7.80. The maximum absolute atomic E-state index is 4.50. The van der Waals surface area contributed by atoms with Gasteiger partial charge in [-0.25, -0.2) is 0 Å². The first-order chi connectivity index (χ1) is 6.93. The summed E-state index contributed by atoms with van der Waals surface area (Å²) in [5.41, 5.74) is 3.76. The van der Waals surface area contributed by atoms with Crippen molar-refractivity contribution in [2.24, 2.45) is 4.99 Å². The number of aromatic nitrogens is 1. The van der Waals surface area contributed by atoms with Crippen molar-refractivity contribution >= 4 is 16.6 Å². The molecule has 14 heavy (non-hydrogen) atoms. The fourth-order valence-electron chi connectivity index (χ4n) is 2.01. The van der Waals surface area contributed by atoms with E-state index in [1.165, 1.54) is 28.6 Å². The lowest BCUT2D eigenvalue weighted by Crippen LogP contribution is -1.94. The molecule has 3 rings (SSSR count). The van der Waals surface area contributed by atoms with Crippen molar-refractivity contribution in [3.8, 4) is 0 Å². The zero-order chi connectivity index (χ0) is 9.38. The SMILES string of the molecule is c1cc2cc(C3=NCCC3)ccc2[nH]1. The van der Waals surface area contributed by atoms with Gasteiger partial charge in [0.1, 0.15) is 0 Å². The van der Waals surface area contributed by atoms with Crippen LogP contribution < -0.4 is 0 Å². The molecule has 1 aliphatic heterocycles. The van der Waals surface area contributed by atoms with Gasteiger partial charge in [0.15, 0.2) is 0 Å². The van der Waals surface area contributed by atoms with Crippen LogP contribution in [0.25, 0.3) is 10.9 Å². The van der Waals surface area contributed by atoms with Crippen molar-refractivity contribution in [3.05, 3.63) is 36.0 Å². The maximum atomic E-state index is 4.50. The van der Waals surface area contributed by atoms with E-state index in [0.29, 0.717) is 0 Å². The van der Waals surface area contributed by atoms with Gasteiger partial charge in [0.2, 0.25) is 0 Å². The van der Waals surface area contributed by atoms with Gasteiger partial charge in [0.05, 0.1) is 0 Å². The first-order valence-electron chi connectivity index (χ1n) is 5.04. The molecule has 0 unspecified atom stereocenters. The van der Waals surface area contributed by atoms with Gasteiger partial charge in [0.25, 0.3) is 0 Å². The zero-order valence-electron chi connectivity index (χ0n) is 7.96. The number of fused-ring (bicyclic) bond motifs is 1. The predicted molar refractivity (Wildman–Crippen MR) is 58.9 cm³/mol. The monoisotopic (exact) mass is 184 g/mol. The number of aromatic amines is 1. The summed E-state index contributed by atoms with van der Waals surface area (Å²) in [6, 6.07) is 8.61. The Labute approximate surface area is 82.7 Å². The van der Waals surface area contributed by atoms with Crippen LogP contribution >= 0.6 is 0 Å². The quantitative estimate of drug-likeness (QED) is 0.706. The van der Waals surface area contributed by atoms with Gasteiger partial charge in [-0.05, 0) is 36.6 Å². The highest BCUT2D eigenvalue weighted by Crippen LogP contribution is 2.18. The highest BCUT2D eigenvalue weighted by Gasteiger charge is 2.08. The number of rotatable bonds is 1. The van der Waals surface area contributed by atoms with Gasteiger partial charge in [-0.15, -0.1) is 0 Å². The van der Waals surface area contributed by atoms with Crippen molar-refractivity contribution in [2.75, 3.05) is 6.54 Å². The summed E-state index contributed by atoms with van der Waals surface area (Å²) in [7, 11) is 0. The number of nitrogens with one attached hydrogen (secondary N) is 1. The second-order valence-corrected chi connectivity index (χ2v) is 3.71. The summed E-state index contributed by atoms with van der Waals surface area (Å²) < 4.78 is 0. The standard InChI is InChI=1S/C12H12N2/c1-2-11(13-6-1)9-3-4-12-10(8-9)5-7-14-12/h3-5,7-8,14H,1-2,6H2. The zero-order valence-corrected chi connectivity index (χ0v) is 7.96. The second-order valence-electron chi connectivity index (χ2n) is 3.71. The van der Waals surface area contributed by atoms with Crippen molar-refractivity contribution in [1.82, 2.24) is 4.98 Å². The average molecular weight is 184 g/mol. The van der Waals surface area contributed by atoms with Crippen LogP contribution in [0.15, 0.2) is 35.5 Å². The Kier molecular flexibility index (Phi) is 1.66. The average Bonchev–Trinajstić information content (AvgIpc) is 2.88. The fraction of sp³-hybridized carbons (Fsp3) is 0.250. The van der Waals surface area contributed by atoms with E-state index in [2.05, 4.69) is 34.2 Å². The predicted octanol–water partition coefficient (Wildman–Crippen LogP) is 2.75. The van der Waals surface area contributed by atoms with Crippen LogP contribution in [0.2, 0.25) is 0 Å². The third-order valence-corrected chi connectivity index (χ3v) is 2.76. The molecular formula is C12H12N2. The summed E-state index contributed by atoms with van der Waals surface area (Å²) in [6.07, 6.45) is 4.32. The Balaban J connectivity index is 2.13. The molecule has 2 nitrogen and oxygen atoms in total. The number of nitrogens with zero attached hydrogens (tertiary/aromatic N) is 1. The van der Waals surface area contributed by atoms with Crippen LogP contribution in [0.3, 0.4) is 0 Å². The molecule has 2 heteroatoms. The Morgan fingerprint density at radius 3 is 3.07 bits per heavy atom. The number of hydrogen-bond donors (Lipinski definition) is 1. The van der Waals surface area contributed by atoms with Crippen LogP contribution in [-0.4, -0.2) is 17.2 Å². The van der Waals surface area contributed by atoms with Crippen molar-refractivity contribution in [1.29, 1.82) is 0 Å². The molecule has 0 spiro atoms. The highest BCUT2D eigenvalue weighted by molar-refractivity contribution is 6.03. The minimum absolute atomic E-state index is 1.00. The largest absolute Gasteiger partial charge is 0.361 e. The van der Waals surface area contributed by atoms with Gasteiger partial charge in [-0.2, -0.15) is 0 Å². The summed E-state index contributed by atoms with van der Waals surface area (Å²) in [5.74, 6) is 0. The third kappa shape index (κ3) is 1.15. The maximum Gasteiger partial charge on any atom is 0.0454 e. The minimum atomic E-state index is 1.00. The highest BCUT2D eigenvalue weighted by atomic mass is 14.8. The number of aliphatic imine (C=N–C) groups is 1. The lowest BCUT2D eigenvalue weighted by molar-refractivity contribution is 0.951. The smallest absolute Gasteiger partial charge is 0.0454 e. The Morgan fingerprint density at radius 2 is 2.21 bits per heavy atom. The van der Waals surface area contributed by atoms with Crippen LogP contribution in [0, 0.1) is 0 Å². The molecule has 1 aliphatic rings. The van der Waals surface area contributed by atoms with Crippen molar-refractivity contribution in [2.45, 2.75) is 12.8 Å². The normalized spacial score (nSPS) is 16.1. The third-order valence-electron chi connectivity index (χ3n) is 2.76. The van der Waals surface area contributed by atoms with Crippen LogP contribution in [0.5, 0.6) is 0 Å². The van der Waals surface area contributed by atoms with E-state index in [1.807, 2.05) is 6.20 Å². The molecule has 0 saturated heterocycles. The summed E-state index contributed by atoms with van der Waals surface area (Å²) in [4.78, 5) is 7.70. The Hall–Kier alpha value is -1.57. The van der Waals surface area contributed by atoms with Crippen LogP contribution in [-0.2, 0) is 0 Å². The topological polar surface area (TPSA) is 28.1 Å². The lowest BCUT2D eigenvalue weighted by atomic mass is 10.1. The molecule has 2 aromatic rings. The minimum Gasteiger partial charge on any atom is -0.361 e. The number of hydrogen-bond acceptors (Lipinski definition) is 1. The van der Waals surface area contributed by atoms with Gasteiger partial charge in [0, 0.05) is 29.4 Å². The van der Waals surface area contributed by atoms with Crippen LogP contribution in [0.4, 0.5) is 0 Å². The number of benzene rings is 1. The summed E-state index contributed by atoms with van der Waals surface area (Å²) in [6.45, 7) is 1.00. The molecular weight excluding hydrogens is 172 g/mol. The fourth-order valence-corrected chi connectivity index (χ4v) is 2.01. The molecule has 0 amide bonds. The van der Waals surface area contributed by atoms with E-state index >= 15 is 0 Å². The Bertz CT molecular complexity index is 494. The van der Waals surface area contributed by atoms with E-state index in [4.69, 9.17) is 0 Å². The molecule has 1 aromatic heterocycles. The molecule has 1 aromatic carbocycles. The second kappa shape index (κ2) is 2.98. The molecule has 0 atom stereocenters. The molecule has 0 fully saturated rings. The van der Waals surface area contributed by atoms with Crippen LogP contribution in [0.1, 0.15) is 18.4 Å². The van der Waals surface area contributed by atoms with E-state index in [1.54, 1.807) is 0 Å². The molecule has 70 valence electrons. The van der Waals surface area contributed by atoms with Crippen molar-refractivity contribution in [3.63, 3.8) is 0 Å². The summed E-state index contributed by atoms with van der Waals surface area (Å²) >= 11 is 0. The van der Waals surface area contributed by atoms with E-state index in [0.717, 1.165) is 13.0 Å². The number of H-pyrrole nitrogens is 1. The molecule has 2 heterocycles. The lowest BCUT2D eigenvalue weighted by Gasteiger charge is -2.00. The molecule has 0 saturated carbocycles. The van der Waals surface area contributed by atoms with E-state index < -0.39 is 0 Å². The van der Waals surface area contributed by atoms with E-state index in [9.17, 15) is 0 Å². The summed E-state index contributed by atoms with van der Waals surface area (Å²) in [5, 5.41) is 1.28. The molecule has 0 bridgehead atoms. The van der Waals surface area contributed by atoms with Gasteiger partial charge >= 0.3 is 0 Å². The Morgan fingerprint density at radius 1 is 1.21 bits per heavy atom. The van der Waals surface area contributed by atoms with Gasteiger partial charge in [-0.1, -0.05) is 6.07 Å². The van der Waals surface area contributed by atoms with Gasteiger partial charge < -0.3 is 4.98 Å².